The van der Waals surface area contributed by atoms with Gasteiger partial charge in [0.1, 0.15) is 0 Å². The summed E-state index contributed by atoms with van der Waals surface area (Å²) in [6.07, 6.45) is 6.57. The summed E-state index contributed by atoms with van der Waals surface area (Å²) in [7, 11) is -1.26. The van der Waals surface area contributed by atoms with E-state index < -0.39 is 10.0 Å². The number of guanidine groups is 1. The number of nitrogens with one attached hydrogen (secondary N) is 1. The number of halogens is 1. The normalized spacial score (nSPS) is 21.4. The van der Waals surface area contributed by atoms with Crippen molar-refractivity contribution < 1.29 is 8.42 Å². The van der Waals surface area contributed by atoms with E-state index >= 15 is 0 Å². The molecule has 1 unspecified atom stereocenters. The van der Waals surface area contributed by atoms with Gasteiger partial charge in [-0.25, -0.2) is 12.7 Å². The van der Waals surface area contributed by atoms with Gasteiger partial charge in [0.15, 0.2) is 5.96 Å². The lowest BCUT2D eigenvalue weighted by molar-refractivity contribution is 0.370. The van der Waals surface area contributed by atoms with Crippen LogP contribution in [0.25, 0.3) is 6.08 Å². The van der Waals surface area contributed by atoms with E-state index in [4.69, 9.17) is 0 Å². The molecule has 156 valence electrons. The number of sulfonamides is 1. The van der Waals surface area contributed by atoms with Gasteiger partial charge >= 0.3 is 0 Å². The van der Waals surface area contributed by atoms with Crippen molar-refractivity contribution in [2.75, 3.05) is 46.0 Å². The van der Waals surface area contributed by atoms with Crippen molar-refractivity contribution in [3.05, 3.63) is 41.5 Å². The second-order valence-corrected chi connectivity index (χ2v) is 9.39. The van der Waals surface area contributed by atoms with E-state index in [1.807, 2.05) is 13.1 Å². The molecule has 0 aromatic heterocycles. The molecule has 1 atom stereocenters. The summed E-state index contributed by atoms with van der Waals surface area (Å²) in [4.78, 5) is 6.73. The molecular formula is C20H31IN4O2S. The Bertz CT molecular complexity index is 786. The van der Waals surface area contributed by atoms with E-state index in [0.717, 1.165) is 44.9 Å². The number of hydrogen-bond donors (Lipinski definition) is 1. The molecule has 0 saturated carbocycles. The number of rotatable bonds is 4. The monoisotopic (exact) mass is 518 g/mol. The first-order chi connectivity index (χ1) is 13.0. The largest absolute Gasteiger partial charge is 0.356 e. The zero-order valence-electron chi connectivity index (χ0n) is 16.7. The van der Waals surface area contributed by atoms with Crippen molar-refractivity contribution in [3.63, 3.8) is 0 Å². The first-order valence-corrected chi connectivity index (χ1v) is 11.5. The highest BCUT2D eigenvalue weighted by molar-refractivity contribution is 14.0. The Morgan fingerprint density at radius 1 is 1.21 bits per heavy atom. The smallest absolute Gasteiger partial charge is 0.211 e. The number of piperidine rings is 1. The quantitative estimate of drug-likeness (QED) is 0.378. The summed E-state index contributed by atoms with van der Waals surface area (Å²) in [5.74, 6) is 1.27. The van der Waals surface area contributed by atoms with E-state index in [2.05, 4.69) is 45.6 Å². The third-order valence-corrected chi connectivity index (χ3v) is 6.62. The van der Waals surface area contributed by atoms with Gasteiger partial charge in [0.25, 0.3) is 0 Å². The van der Waals surface area contributed by atoms with Crippen LogP contribution in [0, 0.1) is 5.92 Å². The van der Waals surface area contributed by atoms with Crippen molar-refractivity contribution in [3.8, 4) is 0 Å². The van der Waals surface area contributed by atoms with Gasteiger partial charge in [0, 0.05) is 39.8 Å². The van der Waals surface area contributed by atoms with E-state index in [9.17, 15) is 8.42 Å². The minimum atomic E-state index is -3.07. The Balaban J connectivity index is 0.00000280. The van der Waals surface area contributed by atoms with Gasteiger partial charge in [-0.3, -0.25) is 4.99 Å². The van der Waals surface area contributed by atoms with Crippen molar-refractivity contribution in [1.29, 1.82) is 0 Å². The first-order valence-electron chi connectivity index (χ1n) is 9.61. The number of aliphatic imine (C=N–C) groups is 1. The molecule has 0 amide bonds. The van der Waals surface area contributed by atoms with Crippen molar-refractivity contribution in [2.45, 2.75) is 19.3 Å². The minimum Gasteiger partial charge on any atom is -0.356 e. The Kier molecular flexibility index (Phi) is 8.76. The summed E-state index contributed by atoms with van der Waals surface area (Å²) < 4.78 is 24.9. The van der Waals surface area contributed by atoms with Crippen LogP contribution in [0.15, 0.2) is 40.9 Å². The van der Waals surface area contributed by atoms with Crippen LogP contribution in [0.4, 0.5) is 0 Å². The second kappa shape index (κ2) is 10.6. The van der Waals surface area contributed by atoms with Crippen LogP contribution in [-0.2, 0) is 10.0 Å². The van der Waals surface area contributed by atoms with Gasteiger partial charge < -0.3 is 10.2 Å². The molecule has 2 heterocycles. The Morgan fingerprint density at radius 2 is 1.89 bits per heavy atom. The van der Waals surface area contributed by atoms with E-state index in [-0.39, 0.29) is 24.0 Å². The minimum absolute atomic E-state index is 0. The number of benzene rings is 1. The van der Waals surface area contributed by atoms with Crippen molar-refractivity contribution >= 4 is 46.0 Å². The molecule has 0 bridgehead atoms. The van der Waals surface area contributed by atoms with Gasteiger partial charge in [-0.05, 0) is 30.7 Å². The number of likely N-dealkylation sites (tertiary alicyclic amines) is 1. The maximum absolute atomic E-state index is 11.7. The van der Waals surface area contributed by atoms with E-state index in [0.29, 0.717) is 19.0 Å². The third-order valence-electron chi connectivity index (χ3n) is 5.35. The molecule has 1 N–H and O–H groups in total. The highest BCUT2D eigenvalue weighted by atomic mass is 127. The second-order valence-electron chi connectivity index (χ2n) is 7.40. The summed E-state index contributed by atoms with van der Waals surface area (Å²) in [5.41, 5.74) is 2.74. The molecule has 1 aromatic carbocycles. The average Bonchev–Trinajstić information content (AvgIpc) is 3.14. The third kappa shape index (κ3) is 6.45. The first kappa shape index (κ1) is 23.2. The highest BCUT2D eigenvalue weighted by Crippen LogP contribution is 2.20. The Hall–Kier alpha value is -1.13. The summed E-state index contributed by atoms with van der Waals surface area (Å²) in [6.45, 7) is 3.91. The highest BCUT2D eigenvalue weighted by Gasteiger charge is 2.29. The molecule has 1 aromatic rings. The lowest BCUT2D eigenvalue weighted by Gasteiger charge is -2.32. The zero-order valence-corrected chi connectivity index (χ0v) is 19.8. The number of nitrogens with zero attached hydrogens (tertiary/aromatic N) is 3. The van der Waals surface area contributed by atoms with Gasteiger partial charge in [0.2, 0.25) is 10.0 Å². The fourth-order valence-electron chi connectivity index (χ4n) is 3.77. The summed E-state index contributed by atoms with van der Waals surface area (Å²) in [5, 5.41) is 3.45. The van der Waals surface area contributed by atoms with E-state index in [1.54, 1.807) is 4.31 Å². The molecule has 0 aliphatic carbocycles. The fraction of sp³-hybridized carbons (Fsp3) is 0.550. The molecular weight excluding hydrogens is 487 g/mol. The van der Waals surface area contributed by atoms with Crippen LogP contribution in [0.5, 0.6) is 0 Å². The summed E-state index contributed by atoms with van der Waals surface area (Å²) >= 11 is 0. The predicted octanol–water partition coefficient (Wildman–Crippen LogP) is 2.64. The van der Waals surface area contributed by atoms with Gasteiger partial charge in [0.05, 0.1) is 6.26 Å². The van der Waals surface area contributed by atoms with Crippen LogP contribution in [0.1, 0.15) is 24.8 Å². The van der Waals surface area contributed by atoms with Gasteiger partial charge in [-0.1, -0.05) is 42.0 Å². The van der Waals surface area contributed by atoms with Gasteiger partial charge in [-0.2, -0.15) is 0 Å². The fourth-order valence-corrected chi connectivity index (χ4v) is 4.69. The Morgan fingerprint density at radius 3 is 2.46 bits per heavy atom. The SMILES string of the molecule is CN=C(NCC1CCN(S(C)(=O)=O)C1)N1CCC(=Cc2ccccc2)CC1.I. The molecule has 2 saturated heterocycles. The topological polar surface area (TPSA) is 65.0 Å². The lowest BCUT2D eigenvalue weighted by atomic mass is 10.0. The molecule has 0 spiro atoms. The van der Waals surface area contributed by atoms with Crippen LogP contribution in [-0.4, -0.2) is 69.6 Å². The molecule has 8 heteroatoms. The standard InChI is InChI=1S/C20H30N4O2S.HI/c1-21-20(22-15-19-10-13-24(16-19)27(2,25)26)23-11-8-18(9-12-23)14-17-6-4-3-5-7-17;/h3-7,14,19H,8-13,15-16H2,1-2H3,(H,21,22);1H. The van der Waals surface area contributed by atoms with Crippen LogP contribution < -0.4 is 5.32 Å². The van der Waals surface area contributed by atoms with Crippen LogP contribution >= 0.6 is 24.0 Å². The molecule has 2 fully saturated rings. The molecule has 3 rings (SSSR count). The summed E-state index contributed by atoms with van der Waals surface area (Å²) in [6, 6.07) is 10.5. The van der Waals surface area contributed by atoms with Crippen LogP contribution in [0.3, 0.4) is 0 Å². The molecule has 28 heavy (non-hydrogen) atoms. The van der Waals surface area contributed by atoms with Crippen molar-refractivity contribution in [2.24, 2.45) is 10.9 Å². The average molecular weight is 518 g/mol. The predicted molar refractivity (Wildman–Crippen MR) is 127 cm³/mol. The molecule has 6 nitrogen and oxygen atoms in total. The van der Waals surface area contributed by atoms with E-state index in [1.165, 1.54) is 17.4 Å². The molecule has 2 aliphatic heterocycles. The van der Waals surface area contributed by atoms with Crippen molar-refractivity contribution in [1.82, 2.24) is 14.5 Å². The molecule has 0 radical (unpaired) electrons. The van der Waals surface area contributed by atoms with Gasteiger partial charge in [-0.15, -0.1) is 24.0 Å². The zero-order chi connectivity index (χ0) is 19.3. The maximum Gasteiger partial charge on any atom is 0.211 e. The molecule has 2 aliphatic rings. The lowest BCUT2D eigenvalue weighted by Crippen LogP contribution is -2.46. The van der Waals surface area contributed by atoms with Crippen LogP contribution in [0.2, 0.25) is 0 Å². The Labute approximate surface area is 186 Å². The maximum atomic E-state index is 11.7. The number of hydrogen-bond acceptors (Lipinski definition) is 3.